The molecule has 1 aliphatic carbocycles. The van der Waals surface area contributed by atoms with E-state index in [1.54, 1.807) is 11.8 Å². The summed E-state index contributed by atoms with van der Waals surface area (Å²) < 4.78 is 0. The highest BCUT2D eigenvalue weighted by molar-refractivity contribution is 8.04. The zero-order valence-corrected chi connectivity index (χ0v) is 20.2. The lowest BCUT2D eigenvalue weighted by Gasteiger charge is -2.43. The molecule has 0 spiro atoms. The summed E-state index contributed by atoms with van der Waals surface area (Å²) in [6.45, 7) is 4.77. The number of unbranched alkanes of at least 4 members (excludes halogenated alkanes) is 1. The normalized spacial score (nSPS) is 22.6. The molecule has 0 aromatic heterocycles. The molecule has 2 unspecified atom stereocenters. The number of hydrogen-bond acceptors (Lipinski definition) is 4. The van der Waals surface area contributed by atoms with Crippen LogP contribution in [0.25, 0.3) is 6.08 Å². The zero-order valence-electron chi connectivity index (χ0n) is 18.6. The van der Waals surface area contributed by atoms with E-state index in [1.165, 1.54) is 12.8 Å². The second-order valence-electron chi connectivity index (χ2n) is 8.51. The van der Waals surface area contributed by atoms with Crippen molar-refractivity contribution in [3.8, 4) is 0 Å². The fourth-order valence-corrected chi connectivity index (χ4v) is 5.92. The van der Waals surface area contributed by atoms with E-state index in [0.29, 0.717) is 21.7 Å². The molecule has 1 saturated carbocycles. The van der Waals surface area contributed by atoms with Crippen molar-refractivity contribution in [2.24, 2.45) is 0 Å². The van der Waals surface area contributed by atoms with Crippen LogP contribution >= 0.6 is 23.4 Å². The van der Waals surface area contributed by atoms with Gasteiger partial charge in [-0.25, -0.2) is 0 Å². The smallest absolute Gasteiger partial charge is 0.261 e. The molecule has 170 valence electrons. The first kappa shape index (κ1) is 24.1. The number of nitrogens with one attached hydrogen (secondary N) is 1. The summed E-state index contributed by atoms with van der Waals surface area (Å²) in [5, 5.41) is 4.01. The summed E-state index contributed by atoms with van der Waals surface area (Å²) >= 11 is 7.79. The Morgan fingerprint density at radius 2 is 2.13 bits per heavy atom. The summed E-state index contributed by atoms with van der Waals surface area (Å²) in [5.41, 5.74) is 0.914. The van der Waals surface area contributed by atoms with Gasteiger partial charge in [0.15, 0.2) is 0 Å². The average Bonchev–Trinajstić information content (AvgIpc) is 2.75. The number of hydrogen-bond donors (Lipinski definition) is 1. The van der Waals surface area contributed by atoms with Crippen molar-refractivity contribution in [2.45, 2.75) is 56.7 Å². The molecule has 2 fully saturated rings. The van der Waals surface area contributed by atoms with Crippen LogP contribution in [0.2, 0.25) is 5.02 Å². The van der Waals surface area contributed by atoms with Gasteiger partial charge in [-0.05, 0) is 56.6 Å². The van der Waals surface area contributed by atoms with Crippen molar-refractivity contribution < 1.29 is 9.59 Å². The lowest BCUT2D eigenvalue weighted by atomic mass is 9.93. The third-order valence-electron chi connectivity index (χ3n) is 5.99. The summed E-state index contributed by atoms with van der Waals surface area (Å²) in [4.78, 5) is 30.7. The van der Waals surface area contributed by atoms with Gasteiger partial charge in [-0.1, -0.05) is 49.9 Å². The topological polar surface area (TPSA) is 52.7 Å². The van der Waals surface area contributed by atoms with Gasteiger partial charge in [-0.2, -0.15) is 0 Å². The molecule has 2 aliphatic rings. The van der Waals surface area contributed by atoms with Gasteiger partial charge in [0.25, 0.3) is 5.91 Å². The lowest BCUT2D eigenvalue weighted by Crippen LogP contribution is -2.54. The summed E-state index contributed by atoms with van der Waals surface area (Å²) in [7, 11) is 2.08. The molecule has 1 aromatic carbocycles. The van der Waals surface area contributed by atoms with Gasteiger partial charge in [0, 0.05) is 29.4 Å². The number of halogens is 1. The van der Waals surface area contributed by atoms with Gasteiger partial charge < -0.3 is 15.1 Å². The van der Waals surface area contributed by atoms with E-state index in [9.17, 15) is 9.59 Å². The SMILES string of the molecule is CCCCN(C)CCNC(=O)CN1C(=O)/C(=C/c2cccc(Cl)c2)SC2CCCCC21. The Labute approximate surface area is 195 Å². The fourth-order valence-electron chi connectivity index (χ4n) is 4.25. The molecule has 1 saturated heterocycles. The van der Waals surface area contributed by atoms with E-state index < -0.39 is 0 Å². The standard InChI is InChI=1S/C24H34ClN3O2S/c1-3-4-13-27(2)14-12-26-23(29)17-28-20-10-5-6-11-21(20)31-22(24(28)30)16-18-8-7-9-19(25)15-18/h7-9,15-16,20-21H,3-6,10-14,17H2,1-2H3,(H,26,29)/b22-16-. The van der Waals surface area contributed by atoms with Crippen LogP contribution < -0.4 is 5.32 Å². The van der Waals surface area contributed by atoms with Crippen molar-refractivity contribution >= 4 is 41.3 Å². The third-order valence-corrected chi connectivity index (χ3v) is 7.62. The van der Waals surface area contributed by atoms with E-state index >= 15 is 0 Å². The number of carbonyl (C=O) groups is 2. The summed E-state index contributed by atoms with van der Waals surface area (Å²) in [6, 6.07) is 7.67. The minimum Gasteiger partial charge on any atom is -0.353 e. The molecule has 0 radical (unpaired) electrons. The molecule has 31 heavy (non-hydrogen) atoms. The highest BCUT2D eigenvalue weighted by Crippen LogP contribution is 2.42. The Morgan fingerprint density at radius 1 is 1.32 bits per heavy atom. The van der Waals surface area contributed by atoms with Crippen LogP contribution in [0.4, 0.5) is 0 Å². The molecule has 2 atom stereocenters. The van der Waals surface area contributed by atoms with Crippen molar-refractivity contribution in [1.29, 1.82) is 0 Å². The van der Waals surface area contributed by atoms with Crippen LogP contribution in [0, 0.1) is 0 Å². The van der Waals surface area contributed by atoms with E-state index in [1.807, 2.05) is 35.2 Å². The number of amides is 2. The van der Waals surface area contributed by atoms with Crippen molar-refractivity contribution in [1.82, 2.24) is 15.1 Å². The van der Waals surface area contributed by atoms with Gasteiger partial charge in [0.05, 0.1) is 4.91 Å². The first-order valence-electron chi connectivity index (χ1n) is 11.4. The maximum Gasteiger partial charge on any atom is 0.261 e. The number of nitrogens with zero attached hydrogens (tertiary/aromatic N) is 2. The maximum atomic E-state index is 13.3. The van der Waals surface area contributed by atoms with Crippen LogP contribution in [-0.4, -0.2) is 66.1 Å². The maximum absolute atomic E-state index is 13.3. The predicted octanol–water partition coefficient (Wildman–Crippen LogP) is 4.42. The van der Waals surface area contributed by atoms with Gasteiger partial charge in [-0.15, -0.1) is 11.8 Å². The molecule has 1 N–H and O–H groups in total. The van der Waals surface area contributed by atoms with Crippen LogP contribution in [0.5, 0.6) is 0 Å². The van der Waals surface area contributed by atoms with Crippen LogP contribution in [0.1, 0.15) is 51.0 Å². The van der Waals surface area contributed by atoms with E-state index in [4.69, 9.17) is 11.6 Å². The minimum absolute atomic E-state index is 0.0386. The number of benzene rings is 1. The quantitative estimate of drug-likeness (QED) is 0.551. The Bertz CT molecular complexity index is 801. The molecule has 1 aromatic rings. The third kappa shape index (κ3) is 6.99. The van der Waals surface area contributed by atoms with E-state index in [0.717, 1.165) is 44.3 Å². The van der Waals surface area contributed by atoms with E-state index in [-0.39, 0.29) is 24.4 Å². The van der Waals surface area contributed by atoms with Gasteiger partial charge in [0.1, 0.15) is 6.54 Å². The summed E-state index contributed by atoms with van der Waals surface area (Å²) in [6.07, 6.45) is 8.59. The first-order valence-corrected chi connectivity index (χ1v) is 12.6. The van der Waals surface area contributed by atoms with Gasteiger partial charge in [-0.3, -0.25) is 9.59 Å². The second-order valence-corrected chi connectivity index (χ2v) is 10.2. The molecule has 5 nitrogen and oxygen atoms in total. The zero-order chi connectivity index (χ0) is 22.2. The number of fused-ring (bicyclic) bond motifs is 1. The van der Waals surface area contributed by atoms with Crippen molar-refractivity contribution in [2.75, 3.05) is 33.2 Å². The molecular weight excluding hydrogens is 430 g/mol. The van der Waals surface area contributed by atoms with Crippen LogP contribution in [0.3, 0.4) is 0 Å². The monoisotopic (exact) mass is 463 g/mol. The van der Waals surface area contributed by atoms with Gasteiger partial charge >= 0.3 is 0 Å². The highest BCUT2D eigenvalue weighted by Gasteiger charge is 2.41. The predicted molar refractivity (Wildman–Crippen MR) is 130 cm³/mol. The average molecular weight is 464 g/mol. The number of likely N-dealkylation sites (N-methyl/N-ethyl adjacent to an activating group) is 1. The summed E-state index contributed by atoms with van der Waals surface area (Å²) in [5.74, 6) is -0.112. The Morgan fingerprint density at radius 3 is 2.90 bits per heavy atom. The largest absolute Gasteiger partial charge is 0.353 e. The molecular formula is C24H34ClN3O2S. The fraction of sp³-hybridized carbons (Fsp3) is 0.583. The molecule has 3 rings (SSSR count). The minimum atomic E-state index is -0.0735. The Balaban J connectivity index is 1.65. The Hall–Kier alpha value is -1.50. The lowest BCUT2D eigenvalue weighted by molar-refractivity contribution is -0.135. The molecule has 7 heteroatoms. The molecule has 1 aliphatic heterocycles. The Kier molecular flexibility index (Phi) is 9.30. The number of carbonyl (C=O) groups excluding carboxylic acids is 2. The highest BCUT2D eigenvalue weighted by atomic mass is 35.5. The first-order chi connectivity index (χ1) is 15.0. The van der Waals surface area contributed by atoms with Crippen LogP contribution in [0.15, 0.2) is 29.2 Å². The molecule has 2 amide bonds. The molecule has 0 bridgehead atoms. The van der Waals surface area contributed by atoms with Crippen molar-refractivity contribution in [3.63, 3.8) is 0 Å². The van der Waals surface area contributed by atoms with Crippen LogP contribution in [-0.2, 0) is 9.59 Å². The van der Waals surface area contributed by atoms with Gasteiger partial charge in [0.2, 0.25) is 5.91 Å². The number of rotatable bonds is 9. The second kappa shape index (κ2) is 11.9. The number of thioether (sulfide) groups is 1. The van der Waals surface area contributed by atoms with E-state index in [2.05, 4.69) is 24.2 Å². The van der Waals surface area contributed by atoms with Crippen molar-refractivity contribution in [3.05, 3.63) is 39.8 Å². The molecule has 1 heterocycles.